The number of carbonyl (C=O) groups is 3. The first-order valence-electron chi connectivity index (χ1n) is 9.42. The molecule has 2 aliphatic rings. The van der Waals surface area contributed by atoms with E-state index in [0.717, 1.165) is 23.5 Å². The fraction of sp³-hybridized carbons (Fsp3) is 0.500. The van der Waals surface area contributed by atoms with E-state index in [1.807, 2.05) is 0 Å². The molecule has 0 bridgehead atoms. The van der Waals surface area contributed by atoms with E-state index in [-0.39, 0.29) is 29.6 Å². The van der Waals surface area contributed by atoms with Crippen molar-refractivity contribution in [3.8, 4) is 0 Å². The van der Waals surface area contributed by atoms with Gasteiger partial charge >= 0.3 is 21.6 Å². The summed E-state index contributed by atoms with van der Waals surface area (Å²) in [6.45, 7) is 1.82. The molecule has 2 unspecified atom stereocenters. The number of carbonyl (C=O) groups excluding carboxylic acids is 3. The summed E-state index contributed by atoms with van der Waals surface area (Å²) >= 11 is 0.826. The summed E-state index contributed by atoms with van der Waals surface area (Å²) in [6.07, 6.45) is -0.581. The molecule has 1 fully saturated rings. The maximum Gasteiger partial charge on any atom is 0.534 e. The van der Waals surface area contributed by atoms with Crippen LogP contribution in [-0.4, -0.2) is 77.4 Å². The number of aromatic nitrogens is 2. The number of alkyl halides is 3. The third-order valence-electron chi connectivity index (χ3n) is 4.74. The fourth-order valence-corrected chi connectivity index (χ4v) is 4.28. The lowest BCUT2D eigenvalue weighted by atomic mass is 9.85. The zero-order chi connectivity index (χ0) is 25.4. The van der Waals surface area contributed by atoms with E-state index in [1.165, 1.54) is 0 Å². The van der Waals surface area contributed by atoms with E-state index in [1.54, 1.807) is 6.92 Å². The van der Waals surface area contributed by atoms with Gasteiger partial charge in [0.1, 0.15) is 6.04 Å². The van der Waals surface area contributed by atoms with Crippen molar-refractivity contribution in [1.29, 1.82) is 0 Å². The van der Waals surface area contributed by atoms with Crippen molar-refractivity contribution in [1.82, 2.24) is 19.6 Å². The van der Waals surface area contributed by atoms with Gasteiger partial charge in [-0.3, -0.25) is 19.5 Å². The minimum Gasteiger partial charge on any atom is -0.464 e. The number of allylic oxidation sites excluding steroid dienone is 1. The van der Waals surface area contributed by atoms with Gasteiger partial charge in [-0.05, 0) is 13.3 Å². The normalized spacial score (nSPS) is 21.0. The molecule has 0 radical (unpaired) electrons. The molecular weight excluding hydrogens is 509 g/mol. The van der Waals surface area contributed by atoms with Crippen LogP contribution in [0.5, 0.6) is 0 Å². The van der Waals surface area contributed by atoms with Crippen LogP contribution in [-0.2, 0) is 33.4 Å². The van der Waals surface area contributed by atoms with Gasteiger partial charge in [0.15, 0.2) is 28.1 Å². The van der Waals surface area contributed by atoms with Crippen molar-refractivity contribution in [3.63, 3.8) is 0 Å². The van der Waals surface area contributed by atoms with Crippen LogP contribution < -0.4 is 11.1 Å². The zero-order valence-electron chi connectivity index (χ0n) is 17.5. The molecule has 2 aliphatic heterocycles. The second-order valence-corrected chi connectivity index (χ2v) is 9.11. The van der Waals surface area contributed by atoms with Crippen molar-refractivity contribution in [3.05, 3.63) is 17.3 Å². The first-order valence-corrected chi connectivity index (χ1v) is 11.6. The molecule has 0 saturated carbocycles. The average Bonchev–Trinajstić information content (AvgIpc) is 3.19. The standard InChI is InChI=1S/C16H17F3N6O7S2/c1-3-21-9(11-23-15(20)33-24-11)12(26)22-8-6-4-5-7(32-34(29,30)16(17,18)19)10(14(28)31-2)25(6)13(8)27/h6,8H,3-5H2,1-2H3,(H,22,26)(H2,20,23,24). The van der Waals surface area contributed by atoms with Crippen LogP contribution in [0, 0.1) is 0 Å². The van der Waals surface area contributed by atoms with Crippen molar-refractivity contribution in [2.75, 3.05) is 19.4 Å². The Morgan fingerprint density at radius 3 is 2.59 bits per heavy atom. The van der Waals surface area contributed by atoms with E-state index in [0.29, 0.717) is 0 Å². The van der Waals surface area contributed by atoms with Crippen LogP contribution >= 0.6 is 11.5 Å². The first kappa shape index (κ1) is 25.3. The minimum absolute atomic E-state index is 0.0580. The third-order valence-corrected chi connectivity index (χ3v) is 6.27. The number of hydrogen-bond acceptors (Lipinski definition) is 12. The van der Waals surface area contributed by atoms with Crippen LogP contribution in [0.15, 0.2) is 16.4 Å². The smallest absolute Gasteiger partial charge is 0.464 e. The van der Waals surface area contributed by atoms with Gasteiger partial charge in [-0.15, -0.1) is 0 Å². The lowest BCUT2D eigenvalue weighted by Gasteiger charge is -2.49. The summed E-state index contributed by atoms with van der Waals surface area (Å²) in [6, 6.07) is -2.08. The predicted molar refractivity (Wildman–Crippen MR) is 108 cm³/mol. The SMILES string of the molecule is CCN=C(C(=O)NC1C(=O)N2C(C(=O)OC)=C(OS(=O)(=O)C(F)(F)F)CCC12)c1nsc(N)n1. The lowest BCUT2D eigenvalue weighted by Crippen LogP contribution is -2.72. The maximum absolute atomic E-state index is 12.7. The van der Waals surface area contributed by atoms with Crippen LogP contribution in [0.1, 0.15) is 25.6 Å². The van der Waals surface area contributed by atoms with E-state index in [4.69, 9.17) is 5.73 Å². The molecule has 1 saturated heterocycles. The van der Waals surface area contributed by atoms with Gasteiger partial charge in [0.05, 0.1) is 13.2 Å². The number of nitrogens with two attached hydrogens (primary N) is 1. The Bertz CT molecular complexity index is 1190. The van der Waals surface area contributed by atoms with Crippen LogP contribution in [0.25, 0.3) is 0 Å². The highest BCUT2D eigenvalue weighted by Gasteiger charge is 2.56. The molecule has 1 aromatic rings. The highest BCUT2D eigenvalue weighted by molar-refractivity contribution is 7.87. The quantitative estimate of drug-likeness (QED) is 0.157. The average molecular weight is 526 g/mol. The molecule has 3 N–H and O–H groups in total. The number of hydrogen-bond donors (Lipinski definition) is 2. The number of β-lactam (4-membered cyclic amide) rings is 1. The Morgan fingerprint density at radius 2 is 2.06 bits per heavy atom. The molecule has 34 heavy (non-hydrogen) atoms. The molecule has 3 rings (SSSR count). The second kappa shape index (κ2) is 9.16. The number of anilines is 1. The molecule has 186 valence electrons. The minimum atomic E-state index is -6.10. The summed E-state index contributed by atoms with van der Waals surface area (Å²) in [5, 5.41) is 2.51. The molecule has 0 spiro atoms. The summed E-state index contributed by atoms with van der Waals surface area (Å²) in [4.78, 5) is 46.3. The largest absolute Gasteiger partial charge is 0.534 e. The number of fused-ring (bicyclic) bond motifs is 1. The molecule has 13 nitrogen and oxygen atoms in total. The van der Waals surface area contributed by atoms with E-state index in [9.17, 15) is 36.0 Å². The van der Waals surface area contributed by atoms with Crippen molar-refractivity contribution < 1.29 is 44.9 Å². The molecule has 18 heteroatoms. The number of halogens is 3. The predicted octanol–water partition coefficient (Wildman–Crippen LogP) is -0.330. The molecule has 0 aromatic carbocycles. The van der Waals surface area contributed by atoms with Crippen molar-refractivity contribution in [2.24, 2.45) is 4.99 Å². The van der Waals surface area contributed by atoms with Crippen molar-refractivity contribution in [2.45, 2.75) is 37.4 Å². The van der Waals surface area contributed by atoms with Gasteiger partial charge in [0.25, 0.3) is 11.8 Å². The van der Waals surface area contributed by atoms with Gasteiger partial charge in [0, 0.05) is 24.5 Å². The van der Waals surface area contributed by atoms with Gasteiger partial charge in [0.2, 0.25) is 0 Å². The van der Waals surface area contributed by atoms with Gasteiger partial charge in [-0.25, -0.2) is 4.79 Å². The second-order valence-electron chi connectivity index (χ2n) is 6.79. The number of amides is 2. The summed E-state index contributed by atoms with van der Waals surface area (Å²) < 4.78 is 73.6. The number of nitrogens with one attached hydrogen (secondary N) is 1. The topological polar surface area (TPSA) is 183 Å². The summed E-state index contributed by atoms with van der Waals surface area (Å²) in [5.74, 6) is -3.95. The van der Waals surface area contributed by atoms with Gasteiger partial charge in [-0.2, -0.15) is 30.9 Å². The van der Waals surface area contributed by atoms with E-state index >= 15 is 0 Å². The van der Waals surface area contributed by atoms with Crippen LogP contribution in [0.4, 0.5) is 18.3 Å². The Hall–Kier alpha value is -3.28. The highest BCUT2D eigenvalue weighted by atomic mass is 32.2. The monoisotopic (exact) mass is 526 g/mol. The number of methoxy groups -OCH3 is 1. The molecule has 2 atom stereocenters. The highest BCUT2D eigenvalue weighted by Crippen LogP contribution is 2.39. The molecule has 0 aliphatic carbocycles. The molecular formula is C16H17F3N6O7S2. The van der Waals surface area contributed by atoms with Crippen molar-refractivity contribution >= 4 is 50.3 Å². The Kier molecular flexibility index (Phi) is 6.83. The molecule has 1 aromatic heterocycles. The number of esters is 1. The maximum atomic E-state index is 12.7. The Labute approximate surface area is 194 Å². The fourth-order valence-electron chi connectivity index (χ4n) is 3.32. The Balaban J connectivity index is 1.86. The lowest BCUT2D eigenvalue weighted by molar-refractivity contribution is -0.157. The van der Waals surface area contributed by atoms with E-state index < -0.39 is 63.4 Å². The number of rotatable bonds is 7. The molecule has 3 heterocycles. The Morgan fingerprint density at radius 1 is 1.38 bits per heavy atom. The number of nitrogen functional groups attached to an aromatic ring is 1. The van der Waals surface area contributed by atoms with Gasteiger partial charge < -0.3 is 20.0 Å². The summed E-state index contributed by atoms with van der Waals surface area (Å²) in [5.41, 5.74) is -1.22. The van der Waals surface area contributed by atoms with Crippen LogP contribution in [0.2, 0.25) is 0 Å². The summed E-state index contributed by atoms with van der Waals surface area (Å²) in [7, 11) is -5.21. The zero-order valence-corrected chi connectivity index (χ0v) is 19.1. The molecule has 2 amide bonds. The third kappa shape index (κ3) is 4.54. The van der Waals surface area contributed by atoms with E-state index in [2.05, 4.69) is 28.6 Å². The number of ether oxygens (including phenoxy) is 1. The number of nitrogens with zero attached hydrogens (tertiary/aromatic N) is 4. The van der Waals surface area contributed by atoms with Gasteiger partial charge in [-0.1, -0.05) is 0 Å². The first-order chi connectivity index (χ1) is 15.8. The van der Waals surface area contributed by atoms with Crippen LogP contribution in [0.3, 0.4) is 0 Å². The number of aliphatic imine (C=N–C) groups is 1.